The Balaban J connectivity index is 0.562. The van der Waals surface area contributed by atoms with Crippen LogP contribution in [0.25, 0.3) is 121 Å². The number of aliphatic imine (C=N–C) groups is 2. The van der Waals surface area contributed by atoms with Gasteiger partial charge >= 0.3 is 35.5 Å². The van der Waals surface area contributed by atoms with E-state index in [0.717, 1.165) is 62.6 Å². The number of benzene rings is 16. The zero-order chi connectivity index (χ0) is 103. The van der Waals surface area contributed by atoms with Crippen LogP contribution in [-0.4, -0.2) is 60.0 Å². The fourth-order valence-electron chi connectivity index (χ4n) is 19.1. The summed E-state index contributed by atoms with van der Waals surface area (Å²) in [6.45, 7) is 2.63. The molecule has 22 rings (SSSR count). The Morgan fingerprint density at radius 3 is 1.15 bits per heavy atom. The number of halogens is 6. The third kappa shape index (κ3) is 19.2. The first-order valence-electron chi connectivity index (χ1n) is 47.7. The molecule has 2 aliphatic heterocycles. The minimum absolute atomic E-state index is 0.00842. The topological polar surface area (TPSA) is 260 Å². The maximum Gasteiger partial charge on any atom is 0.417 e. The van der Waals surface area contributed by atoms with Gasteiger partial charge in [-0.05, 0) is 249 Å². The van der Waals surface area contributed by atoms with Crippen LogP contribution in [0.4, 0.5) is 83.5 Å². The zero-order valence-electron chi connectivity index (χ0n) is 79.7. The molecule has 20 nitrogen and oxygen atoms in total. The van der Waals surface area contributed by atoms with Crippen molar-refractivity contribution in [2.75, 3.05) is 46.9 Å². The zero-order valence-corrected chi connectivity index (χ0v) is 79.7. The second-order valence-electron chi connectivity index (χ2n) is 35.7. The molecule has 20 aromatic rings. The molecule has 16 aromatic carbocycles. The number of alkyl halides is 6. The number of carbonyl (C=O) groups excluding carboxylic acids is 2. The number of aromatic nitrogens is 2. The summed E-state index contributed by atoms with van der Waals surface area (Å²) in [5, 5.41) is 33.3. The number of nitrogens with zero attached hydrogens (tertiary/aromatic N) is 8. The van der Waals surface area contributed by atoms with Crippen LogP contribution in [0.1, 0.15) is 65.2 Å². The number of nitrogens with one attached hydrogen (secondary N) is 2. The molecule has 2 N–H and O–H groups in total. The molecule has 150 heavy (non-hydrogen) atoms. The largest absolute Gasteiger partial charge is 0.490 e. The molecule has 0 unspecified atom stereocenters. The van der Waals surface area contributed by atoms with Gasteiger partial charge in [0.05, 0.1) is 22.3 Å². The van der Waals surface area contributed by atoms with E-state index in [9.17, 15) is 56.0 Å². The first-order valence-corrected chi connectivity index (χ1v) is 47.7. The van der Waals surface area contributed by atoms with Crippen molar-refractivity contribution < 1.29 is 63.7 Å². The minimum atomic E-state index is -4.64. The van der Waals surface area contributed by atoms with E-state index >= 15 is 0 Å². The van der Waals surface area contributed by atoms with Crippen molar-refractivity contribution in [2.24, 2.45) is 9.98 Å². The van der Waals surface area contributed by atoms with Crippen molar-refractivity contribution in [2.45, 2.75) is 26.2 Å². The highest BCUT2D eigenvalue weighted by atomic mass is 19.4. The lowest BCUT2D eigenvalue weighted by Crippen LogP contribution is -2.14. The Morgan fingerprint density at radius 2 is 0.747 bits per heavy atom. The maximum absolute atomic E-state index is 14.7. The van der Waals surface area contributed by atoms with Gasteiger partial charge in [0.25, 0.3) is 0 Å². The summed E-state index contributed by atoms with van der Waals surface area (Å²) < 4.78 is 121. The van der Waals surface area contributed by atoms with Gasteiger partial charge in [-0.15, -0.1) is 0 Å². The van der Waals surface area contributed by atoms with Gasteiger partial charge in [0.15, 0.2) is 11.6 Å². The Labute approximate surface area is 852 Å². The molecule has 0 atom stereocenters. The van der Waals surface area contributed by atoms with E-state index in [1.54, 1.807) is 148 Å². The number of allylic oxidation sites excluding steroid dienone is 2. The molecule has 0 fully saturated rings. The van der Waals surface area contributed by atoms with Gasteiger partial charge in [-0.2, -0.15) is 36.9 Å². The Morgan fingerprint density at radius 1 is 0.367 bits per heavy atom. The van der Waals surface area contributed by atoms with Gasteiger partial charge in [0.1, 0.15) is 84.0 Å². The molecule has 0 radical (unpaired) electrons. The van der Waals surface area contributed by atoms with E-state index in [4.69, 9.17) is 47.7 Å². The molecule has 0 aliphatic carbocycles. The van der Waals surface area contributed by atoms with Crippen molar-refractivity contribution in [1.29, 1.82) is 10.5 Å². The number of amidine groups is 2. The molecule has 0 spiro atoms. The number of fused-ring (bicyclic) bond motifs is 2. The Hall–Kier alpha value is -19.9. The Kier molecular flexibility index (Phi) is 25.4. The molecule has 6 heterocycles. The van der Waals surface area contributed by atoms with Crippen LogP contribution in [0.2, 0.25) is 0 Å². The number of carbonyl (C=O) groups is 2. The number of anilines is 8. The van der Waals surface area contributed by atoms with Gasteiger partial charge in [-0.25, -0.2) is 39.1 Å². The number of ether oxygens (including phenoxy) is 4. The highest BCUT2D eigenvalue weighted by Crippen LogP contribution is 2.49. The summed E-state index contributed by atoms with van der Waals surface area (Å²) in [5.41, 5.74) is 15.0. The summed E-state index contributed by atoms with van der Waals surface area (Å²) in [7, 11) is 0. The normalized spacial score (nSPS) is 12.7. The van der Waals surface area contributed by atoms with Crippen molar-refractivity contribution in [1.82, 2.24) is 9.97 Å². The van der Waals surface area contributed by atoms with Crippen LogP contribution in [0.3, 0.4) is 0 Å². The van der Waals surface area contributed by atoms with E-state index in [2.05, 4.69) is 27.7 Å². The van der Waals surface area contributed by atoms with Gasteiger partial charge in [0, 0.05) is 126 Å². The van der Waals surface area contributed by atoms with Gasteiger partial charge < -0.3 is 48.2 Å². The molecular weight excluding hydrogens is 1900 g/mol. The van der Waals surface area contributed by atoms with Crippen molar-refractivity contribution in [3.8, 4) is 90.4 Å². The lowest BCUT2D eigenvalue weighted by Gasteiger charge is -2.26. The first-order chi connectivity index (χ1) is 72.9. The summed E-state index contributed by atoms with van der Waals surface area (Å²) >= 11 is 0. The van der Waals surface area contributed by atoms with E-state index in [0.29, 0.717) is 156 Å². The van der Waals surface area contributed by atoms with E-state index in [1.165, 1.54) is 24.3 Å². The lowest BCUT2D eigenvalue weighted by atomic mass is 9.92. The van der Waals surface area contributed by atoms with Crippen LogP contribution in [0.15, 0.2) is 417 Å². The summed E-state index contributed by atoms with van der Waals surface area (Å²) in [5.74, 6) is -0.198. The maximum atomic E-state index is 14.7. The summed E-state index contributed by atoms with van der Waals surface area (Å²) in [6.07, 6.45) is -5.97. The highest BCUT2D eigenvalue weighted by molar-refractivity contribution is 6.30. The third-order valence-electron chi connectivity index (χ3n) is 26.4. The van der Waals surface area contributed by atoms with Gasteiger partial charge in [-0.1, -0.05) is 206 Å². The van der Waals surface area contributed by atoms with Crippen LogP contribution in [0, 0.1) is 36.5 Å². The van der Waals surface area contributed by atoms with Crippen molar-refractivity contribution in [3.63, 3.8) is 0 Å². The monoisotopic (exact) mass is 1980 g/mol. The molecule has 0 saturated heterocycles. The van der Waals surface area contributed by atoms with E-state index < -0.39 is 46.7 Å². The van der Waals surface area contributed by atoms with Crippen molar-refractivity contribution >= 4 is 135 Å². The number of rotatable bonds is 26. The van der Waals surface area contributed by atoms with Crippen LogP contribution in [0.5, 0.6) is 11.5 Å². The molecule has 0 saturated carbocycles. The number of nitriles is 2. The fourth-order valence-corrected chi connectivity index (χ4v) is 19.1. The number of aryl methyl sites for hydroxylation is 2. The molecule has 0 bridgehead atoms. The molecule has 728 valence electrons. The van der Waals surface area contributed by atoms with Gasteiger partial charge in [-0.3, -0.25) is 0 Å². The standard InChI is InChI=1S/C124H80F6N10O10/c1-73-19-51-99(108(63-73)124(128,129)130)98-54-56-110-116-101(98)16-10-18-103(116)120(136-110)138-118-105(122(144)148-62-60-146-95-50-33-84-35-58-114(142)150-112(84)68-95)66-86(72-134-118)80-26-43-91(44-27-80)140(89-39-22-78(23-40-89)76-13-7-4-8-14-76)93-47-30-82(31-48-93)107(70-132)106(69-131)81-28-45-92(46-29-81)139(88-37-20-77(21-38-88)75-11-5-3-6-12-75)90-41-24-79(25-42-90)85-65-104(121(143)147-61-59-145-94-49-32-83-34-57-113(141)149-111(83)67-94)117(133-71-85)137-119-102-17-9-15-100-97(53-55-109(135-119)115(100)102)96-52-36-87(64-74(96)2)123(125,126)127/h3-58,63-68,71-72H,59-62H2,1-2H3,(H,133,135,137)(H,134,136,138)/b107-106+. The van der Waals surface area contributed by atoms with Gasteiger partial charge in [0.2, 0.25) is 0 Å². The number of hydrogen-bond acceptors (Lipinski definition) is 18. The molecule has 0 amide bonds. The second kappa shape index (κ2) is 40.0. The SMILES string of the molecule is Cc1ccc(-c2ccc3c4c(cccc24)C(=Nc2ncc(-c4ccc(N(c5ccc(/C(C#N)=C(\C#N)c6ccc(N(c7ccc(-c8ccccc8)cc7)c7ccc(-c8cnc(N=C9Nc%10ccc(-c%11ccc(C(F)(F)F)cc%11C)c%11cccc9c%10%11)c(C(=O)OCCOc9ccc%10ccc(=O)oc%10c9)c8)cc7)cc6)cc5)c5ccc(-c6ccccc6)cc5)cc4)cc2C(=O)OCCOc2ccc4ccc(=O)oc4c2)N3)c(C(F)(F)F)c1. The third-order valence-corrected chi connectivity index (χ3v) is 26.4. The predicted molar refractivity (Wildman–Crippen MR) is 572 cm³/mol. The molecule has 2 aliphatic rings. The van der Waals surface area contributed by atoms with Crippen LogP contribution < -0.4 is 41.2 Å². The summed E-state index contributed by atoms with van der Waals surface area (Å²) in [6, 6.07) is 116. The molecular formula is C124H80F6N10O10. The lowest BCUT2D eigenvalue weighted by molar-refractivity contribution is -0.138. The highest BCUT2D eigenvalue weighted by Gasteiger charge is 2.37. The first kappa shape index (κ1) is 95.0. The molecule has 4 aromatic heterocycles. The fraction of sp³-hybridized carbons (Fsp3) is 0.0645. The average Bonchev–Trinajstić information content (AvgIpc) is 1.58. The number of esters is 2. The van der Waals surface area contributed by atoms with E-state index in [1.807, 2.05) is 217 Å². The predicted octanol–water partition coefficient (Wildman–Crippen LogP) is 30.0. The van der Waals surface area contributed by atoms with Crippen LogP contribution >= 0.6 is 0 Å². The average molecular weight is 1980 g/mol. The van der Waals surface area contributed by atoms with Crippen LogP contribution in [-0.2, 0) is 21.8 Å². The number of hydrogen-bond donors (Lipinski definition) is 2. The van der Waals surface area contributed by atoms with Crippen molar-refractivity contribution in [3.05, 3.63) is 465 Å². The second-order valence-corrected chi connectivity index (χ2v) is 35.7. The van der Waals surface area contributed by atoms with E-state index in [-0.39, 0.29) is 71.7 Å². The smallest absolute Gasteiger partial charge is 0.417 e. The Bertz CT molecular complexity index is 8960. The quantitative estimate of drug-likeness (QED) is 0.0127. The molecule has 26 heteroatoms. The number of pyridine rings is 2. The minimum Gasteiger partial charge on any atom is -0.490 e. The summed E-state index contributed by atoms with van der Waals surface area (Å²) in [4.78, 5) is 77.5.